The summed E-state index contributed by atoms with van der Waals surface area (Å²) in [7, 11) is 6.23. The van der Waals surface area contributed by atoms with Crippen LogP contribution < -0.4 is 9.47 Å². The van der Waals surface area contributed by atoms with Crippen molar-refractivity contribution >= 4 is 5.91 Å². The maximum atomic E-state index is 13.3. The Morgan fingerprint density at radius 2 is 1.97 bits per heavy atom. The monoisotopic (exact) mass is 413 g/mol. The molecule has 3 aromatic rings. The zero-order valence-electron chi connectivity index (χ0n) is 17.2. The Hall–Kier alpha value is -3.30. The molecule has 1 aliphatic rings. The van der Waals surface area contributed by atoms with Crippen LogP contribution in [0.4, 0.5) is 0 Å². The fourth-order valence-electron chi connectivity index (χ4n) is 3.76. The minimum absolute atomic E-state index is 0.208. The lowest BCUT2D eigenvalue weighted by Crippen LogP contribution is -2.38. The highest BCUT2D eigenvalue weighted by Crippen LogP contribution is 2.46. The van der Waals surface area contributed by atoms with E-state index < -0.39 is 12.3 Å². The number of benzene rings is 1. The number of fused-ring (bicyclic) bond motifs is 1. The van der Waals surface area contributed by atoms with Crippen LogP contribution in [0.5, 0.6) is 11.5 Å². The fourth-order valence-corrected chi connectivity index (χ4v) is 3.76. The molecule has 1 unspecified atom stereocenters. The number of aromatic nitrogens is 2. The smallest absolute Gasteiger partial charge is 0.275 e. The molecule has 0 radical (unpaired) electrons. The molecule has 0 bridgehead atoms. The maximum absolute atomic E-state index is 13.3. The van der Waals surface area contributed by atoms with Gasteiger partial charge in [0.1, 0.15) is 17.2 Å². The van der Waals surface area contributed by atoms with Gasteiger partial charge in [-0.2, -0.15) is 5.10 Å². The predicted octanol–water partition coefficient (Wildman–Crippen LogP) is 2.85. The van der Waals surface area contributed by atoms with Crippen molar-refractivity contribution in [3.63, 3.8) is 0 Å². The van der Waals surface area contributed by atoms with Crippen LogP contribution in [0.2, 0.25) is 0 Å². The molecule has 0 saturated carbocycles. The second kappa shape index (κ2) is 8.21. The molecular weight excluding hydrogens is 390 g/mol. The second-order valence-corrected chi connectivity index (χ2v) is 6.71. The summed E-state index contributed by atoms with van der Waals surface area (Å²) in [6.45, 7) is 0.208. The van der Waals surface area contributed by atoms with Crippen molar-refractivity contribution < 1.29 is 28.2 Å². The number of carbonyl (C=O) groups is 1. The molecule has 0 fully saturated rings. The van der Waals surface area contributed by atoms with Crippen LogP contribution in [0.3, 0.4) is 0 Å². The highest BCUT2D eigenvalue weighted by molar-refractivity contribution is 6.00. The number of nitrogens with one attached hydrogen (secondary N) is 1. The fraction of sp³-hybridized carbons (Fsp3) is 0.333. The molecule has 1 atom stereocenters. The van der Waals surface area contributed by atoms with Crippen molar-refractivity contribution in [3.8, 4) is 23.0 Å². The molecule has 1 aliphatic heterocycles. The molecule has 9 heteroatoms. The van der Waals surface area contributed by atoms with E-state index >= 15 is 0 Å². The minimum atomic E-state index is -0.597. The largest absolute Gasteiger partial charge is 0.497 e. The molecule has 3 heterocycles. The molecule has 158 valence electrons. The summed E-state index contributed by atoms with van der Waals surface area (Å²) in [6, 6.07) is 8.61. The van der Waals surface area contributed by atoms with Gasteiger partial charge < -0.3 is 28.3 Å². The van der Waals surface area contributed by atoms with E-state index in [1.807, 2.05) is 18.2 Å². The Morgan fingerprint density at radius 1 is 1.17 bits per heavy atom. The molecule has 0 aliphatic carbocycles. The number of amides is 1. The van der Waals surface area contributed by atoms with E-state index in [0.717, 1.165) is 5.56 Å². The van der Waals surface area contributed by atoms with Crippen LogP contribution in [-0.4, -0.2) is 62.3 Å². The Kier molecular flexibility index (Phi) is 5.47. The third-order valence-corrected chi connectivity index (χ3v) is 5.23. The molecule has 1 aromatic carbocycles. The van der Waals surface area contributed by atoms with Crippen LogP contribution in [-0.2, 0) is 9.47 Å². The van der Waals surface area contributed by atoms with Gasteiger partial charge in [0.2, 0.25) is 0 Å². The first-order valence-electron chi connectivity index (χ1n) is 9.33. The third kappa shape index (κ3) is 3.21. The van der Waals surface area contributed by atoms with Gasteiger partial charge >= 0.3 is 0 Å². The molecule has 2 aromatic heterocycles. The van der Waals surface area contributed by atoms with Crippen molar-refractivity contribution in [3.05, 3.63) is 53.4 Å². The molecule has 1 amide bonds. The zero-order valence-corrected chi connectivity index (χ0v) is 17.2. The summed E-state index contributed by atoms with van der Waals surface area (Å²) in [4.78, 5) is 15.0. The summed E-state index contributed by atoms with van der Waals surface area (Å²) < 4.78 is 27.2. The van der Waals surface area contributed by atoms with Gasteiger partial charge in [-0.3, -0.25) is 9.89 Å². The summed E-state index contributed by atoms with van der Waals surface area (Å²) >= 11 is 0. The average Bonchev–Trinajstić information content (AvgIpc) is 3.50. The first kappa shape index (κ1) is 20.0. The Balaban J connectivity index is 1.88. The van der Waals surface area contributed by atoms with Crippen LogP contribution in [0.25, 0.3) is 11.5 Å². The highest BCUT2D eigenvalue weighted by Gasteiger charge is 2.45. The highest BCUT2D eigenvalue weighted by atomic mass is 16.7. The van der Waals surface area contributed by atoms with Gasteiger partial charge in [-0.25, -0.2) is 0 Å². The van der Waals surface area contributed by atoms with E-state index in [1.165, 1.54) is 14.2 Å². The van der Waals surface area contributed by atoms with Crippen LogP contribution >= 0.6 is 0 Å². The van der Waals surface area contributed by atoms with Gasteiger partial charge in [-0.05, 0) is 24.3 Å². The van der Waals surface area contributed by atoms with Crippen molar-refractivity contribution in [2.75, 3.05) is 35.0 Å². The van der Waals surface area contributed by atoms with Crippen LogP contribution in [0, 0.1) is 0 Å². The van der Waals surface area contributed by atoms with E-state index in [2.05, 4.69) is 10.2 Å². The quantitative estimate of drug-likeness (QED) is 0.567. The average molecular weight is 413 g/mol. The van der Waals surface area contributed by atoms with Crippen molar-refractivity contribution in [1.82, 2.24) is 15.1 Å². The molecule has 0 saturated heterocycles. The van der Waals surface area contributed by atoms with Gasteiger partial charge in [0.25, 0.3) is 5.91 Å². The predicted molar refractivity (Wildman–Crippen MR) is 107 cm³/mol. The number of H-pyrrole nitrogens is 1. The normalized spacial score (nSPS) is 15.7. The summed E-state index contributed by atoms with van der Waals surface area (Å²) in [5, 5.41) is 7.24. The van der Waals surface area contributed by atoms with Crippen LogP contribution in [0.15, 0.2) is 41.0 Å². The number of aromatic amines is 1. The zero-order chi connectivity index (χ0) is 21.3. The number of ether oxygens (including phenoxy) is 4. The van der Waals surface area contributed by atoms with Crippen LogP contribution in [0.1, 0.15) is 27.7 Å². The van der Waals surface area contributed by atoms with E-state index in [0.29, 0.717) is 34.2 Å². The van der Waals surface area contributed by atoms with Crippen molar-refractivity contribution in [2.24, 2.45) is 0 Å². The summed E-state index contributed by atoms with van der Waals surface area (Å²) in [5.41, 5.74) is 2.46. The Morgan fingerprint density at radius 3 is 2.60 bits per heavy atom. The van der Waals surface area contributed by atoms with E-state index in [9.17, 15) is 4.79 Å². The maximum Gasteiger partial charge on any atom is 0.275 e. The van der Waals surface area contributed by atoms with Gasteiger partial charge in [-0.15, -0.1) is 0 Å². The lowest BCUT2D eigenvalue weighted by Gasteiger charge is -2.29. The van der Waals surface area contributed by atoms with Gasteiger partial charge in [0.05, 0.1) is 33.1 Å². The number of carbonyl (C=O) groups excluding carboxylic acids is 1. The van der Waals surface area contributed by atoms with Gasteiger partial charge in [-0.1, -0.05) is 0 Å². The molecule has 9 nitrogen and oxygen atoms in total. The first-order chi connectivity index (χ1) is 14.6. The summed E-state index contributed by atoms with van der Waals surface area (Å²) in [5.74, 6) is 1.59. The number of furan rings is 1. The summed E-state index contributed by atoms with van der Waals surface area (Å²) in [6.07, 6.45) is 0.979. The van der Waals surface area contributed by atoms with E-state index in [-0.39, 0.29) is 12.5 Å². The molecule has 4 rings (SSSR count). The Labute approximate surface area is 173 Å². The van der Waals surface area contributed by atoms with E-state index in [4.69, 9.17) is 23.4 Å². The molecule has 30 heavy (non-hydrogen) atoms. The minimum Gasteiger partial charge on any atom is -0.497 e. The van der Waals surface area contributed by atoms with Crippen molar-refractivity contribution in [2.45, 2.75) is 12.3 Å². The van der Waals surface area contributed by atoms with Gasteiger partial charge in [0, 0.05) is 31.4 Å². The first-order valence-corrected chi connectivity index (χ1v) is 9.33. The topological polar surface area (TPSA) is 99.1 Å². The number of hydrogen-bond donors (Lipinski definition) is 1. The van der Waals surface area contributed by atoms with Gasteiger partial charge in [0.15, 0.2) is 17.7 Å². The van der Waals surface area contributed by atoms with E-state index in [1.54, 1.807) is 37.5 Å². The third-order valence-electron chi connectivity index (χ3n) is 5.23. The number of rotatable bonds is 8. The Bertz CT molecular complexity index is 1030. The standard InChI is InChI=1S/C21H23N3O6/c1-26-12-7-8-13(15(10-12)27-2)20-17-18(14-6-5-9-30-14)22-23-19(17)21(25)24(20)11-16(28-3)29-4/h5-10,16,20H,11H2,1-4H3,(H,22,23). The molecule has 0 spiro atoms. The molecule has 1 N–H and O–H groups in total. The number of methoxy groups -OCH3 is 4. The van der Waals surface area contributed by atoms with Crippen molar-refractivity contribution in [1.29, 1.82) is 0 Å². The number of hydrogen-bond acceptors (Lipinski definition) is 7. The SMILES string of the molecule is COc1ccc(C2c3c(n[nH]c3-c3ccco3)C(=O)N2CC(OC)OC)c(OC)c1. The number of nitrogens with zero attached hydrogens (tertiary/aromatic N) is 2. The second-order valence-electron chi connectivity index (χ2n) is 6.71. The lowest BCUT2D eigenvalue weighted by atomic mass is 9.97. The lowest BCUT2D eigenvalue weighted by molar-refractivity contribution is -0.113. The molecular formula is C21H23N3O6.